The maximum Gasteiger partial charge on any atom is 0.417 e. The zero-order valence-electron chi connectivity index (χ0n) is 18.3. The van der Waals surface area contributed by atoms with Crippen LogP contribution in [-0.4, -0.2) is 40.1 Å². The average molecular weight is 461 g/mol. The Bertz CT molecular complexity index is 1000. The molecule has 1 spiro atoms. The molecule has 2 heterocycles. The maximum absolute atomic E-state index is 13.7. The van der Waals surface area contributed by atoms with Crippen LogP contribution in [0.25, 0.3) is 0 Å². The summed E-state index contributed by atoms with van der Waals surface area (Å²) in [6.07, 6.45) is 0.973. The number of carbonyl (C=O) groups is 2. The van der Waals surface area contributed by atoms with Crippen LogP contribution in [-0.2, 0) is 22.3 Å². The average Bonchev–Trinajstić information content (AvgIpc) is 3.18. The van der Waals surface area contributed by atoms with E-state index in [0.717, 1.165) is 30.5 Å². The predicted molar refractivity (Wildman–Crippen MR) is 114 cm³/mol. The number of nitrogens with one attached hydrogen (secondary N) is 1. The summed E-state index contributed by atoms with van der Waals surface area (Å²) >= 11 is 0. The maximum atomic E-state index is 13.7. The minimum absolute atomic E-state index is 0.0590. The first-order valence-electron chi connectivity index (χ1n) is 11.0. The van der Waals surface area contributed by atoms with Crippen molar-refractivity contribution in [3.63, 3.8) is 0 Å². The summed E-state index contributed by atoms with van der Waals surface area (Å²) in [6.45, 7) is 2.24. The Kier molecular flexibility index (Phi) is 6.43. The summed E-state index contributed by atoms with van der Waals surface area (Å²) in [5.41, 5.74) is -1.75. The van der Waals surface area contributed by atoms with E-state index in [1.165, 1.54) is 17.0 Å². The highest BCUT2D eigenvalue weighted by Gasteiger charge is 2.54. The van der Waals surface area contributed by atoms with Gasteiger partial charge in [-0.25, -0.2) is 0 Å². The quantitative estimate of drug-likeness (QED) is 0.742. The van der Waals surface area contributed by atoms with Gasteiger partial charge in [-0.2, -0.15) is 13.2 Å². The molecule has 33 heavy (non-hydrogen) atoms. The summed E-state index contributed by atoms with van der Waals surface area (Å²) in [6, 6.07) is 7.17. The Labute approximate surface area is 190 Å². The molecule has 1 aliphatic carbocycles. The number of nitrogens with zero attached hydrogens (tertiary/aromatic N) is 2. The van der Waals surface area contributed by atoms with Gasteiger partial charge in [-0.1, -0.05) is 19.1 Å². The van der Waals surface area contributed by atoms with Crippen molar-refractivity contribution in [2.45, 2.75) is 57.1 Å². The number of pyridine rings is 1. The number of halogens is 3. The van der Waals surface area contributed by atoms with Gasteiger partial charge in [0, 0.05) is 18.9 Å². The lowest BCUT2D eigenvalue weighted by molar-refractivity contribution is -0.138. The van der Waals surface area contributed by atoms with Gasteiger partial charge in [-0.15, -0.1) is 0 Å². The molecule has 0 unspecified atom stereocenters. The summed E-state index contributed by atoms with van der Waals surface area (Å²) in [5.74, 6) is -0.877. The van der Waals surface area contributed by atoms with E-state index in [4.69, 9.17) is 4.74 Å². The van der Waals surface area contributed by atoms with Gasteiger partial charge < -0.3 is 10.1 Å². The molecule has 0 radical (unpaired) electrons. The highest BCUT2D eigenvalue weighted by molar-refractivity contribution is 5.99. The molecule has 1 aromatic heterocycles. The summed E-state index contributed by atoms with van der Waals surface area (Å²) in [5, 5.41) is 2.79. The SMILES string of the molecule is CC1CCC2(CC1)OC[C@@H](C(=O)NCc1ccncc1)N2C(=O)c1ccccc1C(F)(F)F. The molecule has 1 saturated heterocycles. The predicted octanol–water partition coefficient (Wildman–Crippen LogP) is 4.16. The van der Waals surface area contributed by atoms with Gasteiger partial charge in [-0.05, 0) is 61.4 Å². The Hall–Kier alpha value is -2.94. The lowest BCUT2D eigenvalue weighted by atomic mass is 9.83. The van der Waals surface area contributed by atoms with Crippen molar-refractivity contribution in [3.05, 3.63) is 65.5 Å². The second-order valence-electron chi connectivity index (χ2n) is 8.75. The summed E-state index contributed by atoms with van der Waals surface area (Å²) in [7, 11) is 0. The molecule has 0 bridgehead atoms. The van der Waals surface area contributed by atoms with Crippen molar-refractivity contribution in [2.75, 3.05) is 6.61 Å². The number of amides is 2. The second-order valence-corrected chi connectivity index (χ2v) is 8.75. The van der Waals surface area contributed by atoms with E-state index in [1.54, 1.807) is 24.5 Å². The molecule has 1 aliphatic heterocycles. The Balaban J connectivity index is 1.65. The smallest absolute Gasteiger partial charge is 0.353 e. The molecular weight excluding hydrogens is 435 g/mol. The van der Waals surface area contributed by atoms with E-state index >= 15 is 0 Å². The van der Waals surface area contributed by atoms with Crippen LogP contribution in [0.5, 0.6) is 0 Å². The molecule has 2 aliphatic rings. The largest absolute Gasteiger partial charge is 0.417 e. The standard InChI is InChI=1S/C24H26F3N3O3/c1-16-6-10-23(11-7-16)30(22(32)18-4-2-3-5-19(18)24(25,26)27)20(15-33-23)21(31)29-14-17-8-12-28-13-9-17/h2-5,8-9,12-13,16,20H,6-7,10-11,14-15H2,1H3,(H,29,31)/t16?,20-,23?/m0/s1. The first-order valence-corrected chi connectivity index (χ1v) is 11.0. The van der Waals surface area contributed by atoms with E-state index in [9.17, 15) is 22.8 Å². The number of alkyl halides is 3. The van der Waals surface area contributed by atoms with Crippen LogP contribution in [0.3, 0.4) is 0 Å². The molecule has 1 atom stereocenters. The molecule has 2 aromatic rings. The summed E-state index contributed by atoms with van der Waals surface area (Å²) in [4.78, 5) is 31.9. The molecule has 9 heteroatoms. The fraction of sp³-hybridized carbons (Fsp3) is 0.458. The molecule has 2 amide bonds. The number of rotatable bonds is 4. The highest BCUT2D eigenvalue weighted by atomic mass is 19.4. The van der Waals surface area contributed by atoms with Gasteiger partial charge in [0.1, 0.15) is 11.8 Å². The van der Waals surface area contributed by atoms with Crippen LogP contribution in [0.4, 0.5) is 13.2 Å². The first kappa shape index (κ1) is 23.2. The molecule has 2 fully saturated rings. The molecule has 176 valence electrons. The van der Waals surface area contributed by atoms with E-state index in [-0.39, 0.29) is 13.2 Å². The van der Waals surface area contributed by atoms with Crippen molar-refractivity contribution in [3.8, 4) is 0 Å². The zero-order valence-corrected chi connectivity index (χ0v) is 18.3. The lowest BCUT2D eigenvalue weighted by Crippen LogP contribution is -2.57. The van der Waals surface area contributed by atoms with Crippen molar-refractivity contribution in [1.29, 1.82) is 0 Å². The van der Waals surface area contributed by atoms with Gasteiger partial charge in [0.2, 0.25) is 5.91 Å². The highest BCUT2D eigenvalue weighted by Crippen LogP contribution is 2.44. The second kappa shape index (κ2) is 9.13. The van der Waals surface area contributed by atoms with Crippen LogP contribution < -0.4 is 5.32 Å². The van der Waals surface area contributed by atoms with Gasteiger partial charge >= 0.3 is 6.18 Å². The number of ether oxygens (including phenoxy) is 1. The zero-order chi connectivity index (χ0) is 23.6. The van der Waals surface area contributed by atoms with E-state index in [2.05, 4.69) is 17.2 Å². The van der Waals surface area contributed by atoms with Crippen LogP contribution in [0, 0.1) is 5.92 Å². The van der Waals surface area contributed by atoms with Gasteiger partial charge in [0.25, 0.3) is 5.91 Å². The third kappa shape index (κ3) is 4.73. The molecule has 1 saturated carbocycles. The summed E-state index contributed by atoms with van der Waals surface area (Å²) < 4.78 is 47.0. The monoisotopic (exact) mass is 461 g/mol. The van der Waals surface area contributed by atoms with Crippen molar-refractivity contribution >= 4 is 11.8 Å². The molecule has 1 N–H and O–H groups in total. The minimum atomic E-state index is -4.69. The van der Waals surface area contributed by atoms with Crippen LogP contribution in [0.15, 0.2) is 48.8 Å². The minimum Gasteiger partial charge on any atom is -0.353 e. The normalized spacial score (nSPS) is 25.3. The molecule has 1 aromatic carbocycles. The Morgan fingerprint density at radius 2 is 1.82 bits per heavy atom. The molecule has 6 nitrogen and oxygen atoms in total. The van der Waals surface area contributed by atoms with Crippen LogP contribution >= 0.6 is 0 Å². The van der Waals surface area contributed by atoms with Gasteiger partial charge in [-0.3, -0.25) is 19.5 Å². The first-order chi connectivity index (χ1) is 15.7. The van der Waals surface area contributed by atoms with E-state index < -0.39 is 40.9 Å². The number of aromatic nitrogens is 1. The van der Waals surface area contributed by atoms with Gasteiger partial charge in [0.05, 0.1) is 17.7 Å². The van der Waals surface area contributed by atoms with Crippen molar-refractivity contribution < 1.29 is 27.5 Å². The topological polar surface area (TPSA) is 71.5 Å². The Morgan fingerprint density at radius 1 is 1.15 bits per heavy atom. The number of benzene rings is 1. The number of carbonyl (C=O) groups excluding carboxylic acids is 2. The van der Waals surface area contributed by atoms with E-state index in [0.29, 0.717) is 18.8 Å². The fourth-order valence-electron chi connectivity index (χ4n) is 4.63. The van der Waals surface area contributed by atoms with Crippen LogP contribution in [0.1, 0.15) is 54.1 Å². The number of hydrogen-bond donors (Lipinski definition) is 1. The van der Waals surface area contributed by atoms with Crippen molar-refractivity contribution in [2.24, 2.45) is 5.92 Å². The van der Waals surface area contributed by atoms with Gasteiger partial charge in [0.15, 0.2) is 0 Å². The Morgan fingerprint density at radius 3 is 2.48 bits per heavy atom. The molecule has 4 rings (SSSR count). The van der Waals surface area contributed by atoms with E-state index in [1.807, 2.05) is 0 Å². The third-order valence-corrected chi connectivity index (χ3v) is 6.52. The fourth-order valence-corrected chi connectivity index (χ4v) is 4.63. The van der Waals surface area contributed by atoms with Crippen LogP contribution in [0.2, 0.25) is 0 Å². The lowest BCUT2D eigenvalue weighted by Gasteiger charge is -2.43. The number of hydrogen-bond acceptors (Lipinski definition) is 4. The molecular formula is C24H26F3N3O3. The van der Waals surface area contributed by atoms with Crippen molar-refractivity contribution in [1.82, 2.24) is 15.2 Å². The third-order valence-electron chi connectivity index (χ3n) is 6.52.